The minimum Gasteiger partial charge on any atom is -0.258 e. The normalized spacial score (nSPS) is 10.2. The van der Waals surface area contributed by atoms with E-state index < -0.39 is 40.5 Å². The van der Waals surface area contributed by atoms with Crippen LogP contribution < -0.4 is 0 Å². The summed E-state index contributed by atoms with van der Waals surface area (Å²) in [5.41, 5.74) is -2.92. The first-order valence-electron chi connectivity index (χ1n) is 3.95. The summed E-state index contributed by atoms with van der Waals surface area (Å²) in [7, 11) is 0. The van der Waals surface area contributed by atoms with Gasteiger partial charge in [-0.2, -0.15) is 5.26 Å². The molecular formula is C8H4F3N3O2. The van der Waals surface area contributed by atoms with Crippen molar-refractivity contribution in [3.8, 4) is 6.07 Å². The number of hydrogen-bond acceptors (Lipinski definition) is 4. The molecule has 1 rings (SSSR count). The molecule has 0 amide bonds. The molecule has 0 atom stereocenters. The van der Waals surface area contributed by atoms with Crippen molar-refractivity contribution in [1.82, 2.24) is 4.98 Å². The van der Waals surface area contributed by atoms with Gasteiger partial charge in [0.2, 0.25) is 0 Å². The van der Waals surface area contributed by atoms with Crippen molar-refractivity contribution in [2.75, 3.05) is 0 Å². The predicted octanol–water partition coefficient (Wildman–Crippen LogP) is 2.13. The monoisotopic (exact) mass is 231 g/mol. The zero-order valence-corrected chi connectivity index (χ0v) is 7.65. The van der Waals surface area contributed by atoms with Crippen LogP contribution in [0.4, 0.5) is 18.9 Å². The van der Waals surface area contributed by atoms with Gasteiger partial charge in [-0.15, -0.1) is 0 Å². The average Bonchev–Trinajstić information content (AvgIpc) is 2.20. The molecule has 1 heterocycles. The molecule has 0 saturated carbocycles. The Kier molecular flexibility index (Phi) is 3.40. The molecule has 5 nitrogen and oxygen atoms in total. The Morgan fingerprint density at radius 3 is 2.69 bits per heavy atom. The van der Waals surface area contributed by atoms with E-state index in [4.69, 9.17) is 5.26 Å². The zero-order valence-electron chi connectivity index (χ0n) is 7.65. The van der Waals surface area contributed by atoms with E-state index in [-0.39, 0.29) is 0 Å². The molecule has 0 spiro atoms. The molecule has 0 aliphatic rings. The fraction of sp³-hybridized carbons (Fsp3) is 0.250. The molecule has 0 aliphatic carbocycles. The Labute approximate surface area is 87.3 Å². The SMILES string of the molecule is N#CCc1c(F)cnc(C(F)F)c1[N+](=O)[O-]. The summed E-state index contributed by atoms with van der Waals surface area (Å²) in [5.74, 6) is -1.14. The van der Waals surface area contributed by atoms with Gasteiger partial charge in [-0.25, -0.2) is 18.2 Å². The third-order valence-electron chi connectivity index (χ3n) is 1.78. The molecule has 84 valence electrons. The minimum atomic E-state index is -3.20. The first-order chi connectivity index (χ1) is 7.49. The molecule has 0 N–H and O–H groups in total. The van der Waals surface area contributed by atoms with E-state index in [0.29, 0.717) is 6.20 Å². The number of aromatic nitrogens is 1. The number of rotatable bonds is 3. The third kappa shape index (κ3) is 2.08. The average molecular weight is 231 g/mol. The minimum absolute atomic E-state index is 0.446. The second kappa shape index (κ2) is 4.57. The summed E-state index contributed by atoms with van der Waals surface area (Å²) < 4.78 is 37.8. The third-order valence-corrected chi connectivity index (χ3v) is 1.78. The van der Waals surface area contributed by atoms with Crippen LogP contribution in [0.15, 0.2) is 6.20 Å². The van der Waals surface area contributed by atoms with Crippen molar-refractivity contribution in [2.45, 2.75) is 12.8 Å². The van der Waals surface area contributed by atoms with Gasteiger partial charge in [0.05, 0.1) is 29.2 Å². The van der Waals surface area contributed by atoms with Gasteiger partial charge >= 0.3 is 5.69 Å². The Bertz CT molecular complexity index is 470. The van der Waals surface area contributed by atoms with Gasteiger partial charge in [0.1, 0.15) is 0 Å². The summed E-state index contributed by atoms with van der Waals surface area (Å²) in [4.78, 5) is 12.3. The van der Waals surface area contributed by atoms with Crippen molar-refractivity contribution in [2.24, 2.45) is 0 Å². The highest BCUT2D eigenvalue weighted by Crippen LogP contribution is 2.31. The van der Waals surface area contributed by atoms with Crippen molar-refractivity contribution in [3.63, 3.8) is 0 Å². The zero-order chi connectivity index (χ0) is 12.3. The largest absolute Gasteiger partial charge is 0.303 e. The number of nitro groups is 1. The van der Waals surface area contributed by atoms with Crippen molar-refractivity contribution >= 4 is 5.69 Å². The van der Waals surface area contributed by atoms with Crippen LogP contribution >= 0.6 is 0 Å². The molecule has 0 fully saturated rings. The van der Waals surface area contributed by atoms with Crippen LogP contribution in [0.2, 0.25) is 0 Å². The molecule has 1 aromatic heterocycles. The van der Waals surface area contributed by atoms with E-state index in [1.165, 1.54) is 6.07 Å². The highest BCUT2D eigenvalue weighted by molar-refractivity contribution is 5.46. The number of hydrogen-bond donors (Lipinski definition) is 0. The molecule has 0 aliphatic heterocycles. The van der Waals surface area contributed by atoms with Crippen LogP contribution in [0.5, 0.6) is 0 Å². The van der Waals surface area contributed by atoms with Crippen LogP contribution in [-0.2, 0) is 6.42 Å². The van der Waals surface area contributed by atoms with Crippen molar-refractivity contribution in [3.05, 3.63) is 33.4 Å². The van der Waals surface area contributed by atoms with Crippen LogP contribution in [-0.4, -0.2) is 9.91 Å². The topological polar surface area (TPSA) is 79.8 Å². The molecule has 8 heteroatoms. The molecule has 0 bridgehead atoms. The second-order valence-corrected chi connectivity index (χ2v) is 2.71. The Balaban J connectivity index is 3.51. The van der Waals surface area contributed by atoms with Crippen LogP contribution in [0.25, 0.3) is 0 Å². The quantitative estimate of drug-likeness (QED) is 0.589. The highest BCUT2D eigenvalue weighted by atomic mass is 19.3. The van der Waals surface area contributed by atoms with Gasteiger partial charge in [-0.1, -0.05) is 0 Å². The smallest absolute Gasteiger partial charge is 0.258 e. The van der Waals surface area contributed by atoms with Gasteiger partial charge < -0.3 is 0 Å². The Morgan fingerprint density at radius 2 is 2.25 bits per heavy atom. The Hall–Kier alpha value is -2.17. The predicted molar refractivity (Wildman–Crippen MR) is 45.1 cm³/mol. The lowest BCUT2D eigenvalue weighted by atomic mass is 10.1. The first kappa shape index (κ1) is 11.9. The molecule has 0 aromatic carbocycles. The van der Waals surface area contributed by atoms with E-state index in [1.54, 1.807) is 0 Å². The second-order valence-electron chi connectivity index (χ2n) is 2.71. The number of nitrogens with zero attached hydrogens (tertiary/aromatic N) is 3. The van der Waals surface area contributed by atoms with E-state index in [9.17, 15) is 23.3 Å². The number of halogens is 3. The first-order valence-corrected chi connectivity index (χ1v) is 3.95. The lowest BCUT2D eigenvalue weighted by Gasteiger charge is -2.04. The van der Waals surface area contributed by atoms with Crippen molar-refractivity contribution in [1.29, 1.82) is 5.26 Å². The fourth-order valence-electron chi connectivity index (χ4n) is 1.14. The van der Waals surface area contributed by atoms with Gasteiger partial charge in [-0.3, -0.25) is 10.1 Å². The van der Waals surface area contributed by atoms with E-state index in [1.807, 2.05) is 0 Å². The van der Waals surface area contributed by atoms with Gasteiger partial charge in [-0.05, 0) is 0 Å². The van der Waals surface area contributed by atoms with Crippen molar-refractivity contribution < 1.29 is 18.1 Å². The summed E-state index contributed by atoms with van der Waals surface area (Å²) >= 11 is 0. The van der Waals surface area contributed by atoms with E-state index >= 15 is 0 Å². The molecule has 16 heavy (non-hydrogen) atoms. The van der Waals surface area contributed by atoms with Crippen LogP contribution in [0.1, 0.15) is 17.7 Å². The number of alkyl halides is 2. The molecule has 0 saturated heterocycles. The molecular weight excluding hydrogens is 227 g/mol. The number of nitriles is 1. The van der Waals surface area contributed by atoms with Crippen LogP contribution in [0.3, 0.4) is 0 Å². The number of pyridine rings is 1. The van der Waals surface area contributed by atoms with E-state index in [2.05, 4.69) is 4.98 Å². The fourth-order valence-corrected chi connectivity index (χ4v) is 1.14. The summed E-state index contributed by atoms with van der Waals surface area (Å²) in [6.45, 7) is 0. The maximum absolute atomic E-state index is 13.1. The van der Waals surface area contributed by atoms with Gasteiger partial charge in [0, 0.05) is 0 Å². The molecule has 0 radical (unpaired) electrons. The Morgan fingerprint density at radius 1 is 1.62 bits per heavy atom. The summed E-state index contributed by atoms with van der Waals surface area (Å²) in [6, 6.07) is 1.47. The maximum atomic E-state index is 13.1. The van der Waals surface area contributed by atoms with E-state index in [0.717, 1.165) is 0 Å². The lowest BCUT2D eigenvalue weighted by molar-refractivity contribution is -0.387. The lowest BCUT2D eigenvalue weighted by Crippen LogP contribution is -2.06. The van der Waals surface area contributed by atoms with Crippen LogP contribution in [0, 0.1) is 27.3 Å². The van der Waals surface area contributed by atoms with Gasteiger partial charge in [0.15, 0.2) is 11.5 Å². The highest BCUT2D eigenvalue weighted by Gasteiger charge is 2.29. The summed E-state index contributed by atoms with van der Waals surface area (Å²) in [6.07, 6.45) is -3.41. The standard InChI is InChI=1S/C8H4F3N3O2/c9-5-3-13-6(8(10)11)7(14(15)16)4(5)1-2-12/h3,8H,1H2. The molecule has 1 aromatic rings. The summed E-state index contributed by atoms with van der Waals surface area (Å²) in [5, 5.41) is 18.9. The molecule has 0 unspecified atom stereocenters. The van der Waals surface area contributed by atoms with Gasteiger partial charge in [0.25, 0.3) is 6.43 Å². The maximum Gasteiger partial charge on any atom is 0.303 e.